The number of amides is 1. The van der Waals surface area contributed by atoms with Gasteiger partial charge in [-0.3, -0.25) is 9.36 Å². The molecule has 1 saturated carbocycles. The van der Waals surface area contributed by atoms with Crippen molar-refractivity contribution in [3.63, 3.8) is 0 Å². The zero-order valence-electron chi connectivity index (χ0n) is 15.7. The molecule has 2 aromatic rings. The van der Waals surface area contributed by atoms with E-state index in [-0.39, 0.29) is 11.7 Å². The van der Waals surface area contributed by atoms with Crippen molar-refractivity contribution in [3.8, 4) is 0 Å². The summed E-state index contributed by atoms with van der Waals surface area (Å²) in [5.41, 5.74) is 0.520. The summed E-state index contributed by atoms with van der Waals surface area (Å²) in [5, 5.41) is 13.2. The number of nitrogens with one attached hydrogen (secondary N) is 1. The maximum absolute atomic E-state index is 12.4. The standard InChI is InChI=1S/C19H23Cl2N5OS/c1-12-7-9-25(10-8-12)18-23-24-19(26(18)13-5-6-13)28-11-16(27)22-15-4-2-3-14(20)17(15)21/h2-4,12-13H,5-11H2,1H3,(H,22,27). The molecule has 28 heavy (non-hydrogen) atoms. The number of benzene rings is 1. The summed E-state index contributed by atoms with van der Waals surface area (Å²) in [7, 11) is 0. The van der Waals surface area contributed by atoms with Crippen LogP contribution in [0.15, 0.2) is 23.4 Å². The van der Waals surface area contributed by atoms with Gasteiger partial charge in [0.15, 0.2) is 5.16 Å². The second kappa shape index (κ2) is 8.51. The van der Waals surface area contributed by atoms with Crippen LogP contribution in [-0.2, 0) is 4.79 Å². The molecule has 9 heteroatoms. The van der Waals surface area contributed by atoms with Crippen molar-refractivity contribution in [3.05, 3.63) is 28.2 Å². The van der Waals surface area contributed by atoms with Crippen LogP contribution >= 0.6 is 35.0 Å². The smallest absolute Gasteiger partial charge is 0.234 e. The minimum absolute atomic E-state index is 0.145. The van der Waals surface area contributed by atoms with E-state index in [0.29, 0.717) is 21.8 Å². The molecule has 2 heterocycles. The van der Waals surface area contributed by atoms with Crippen LogP contribution in [0.4, 0.5) is 11.6 Å². The molecule has 4 rings (SSSR count). The Morgan fingerprint density at radius 3 is 2.68 bits per heavy atom. The van der Waals surface area contributed by atoms with E-state index in [1.807, 2.05) is 0 Å². The van der Waals surface area contributed by atoms with Crippen LogP contribution in [0.25, 0.3) is 0 Å². The molecule has 0 bridgehead atoms. The molecule has 1 aliphatic heterocycles. The summed E-state index contributed by atoms with van der Waals surface area (Å²) >= 11 is 13.6. The van der Waals surface area contributed by atoms with Crippen LogP contribution in [0.5, 0.6) is 0 Å². The lowest BCUT2D eigenvalue weighted by molar-refractivity contribution is -0.113. The number of hydrogen-bond acceptors (Lipinski definition) is 5. The molecule has 0 radical (unpaired) electrons. The fourth-order valence-electron chi connectivity index (χ4n) is 3.36. The Hall–Kier alpha value is -1.44. The van der Waals surface area contributed by atoms with Gasteiger partial charge < -0.3 is 10.2 Å². The molecule has 1 aromatic heterocycles. The Bertz CT molecular complexity index is 862. The molecule has 1 aromatic carbocycles. The average molecular weight is 440 g/mol. The van der Waals surface area contributed by atoms with E-state index in [4.69, 9.17) is 23.2 Å². The van der Waals surface area contributed by atoms with Gasteiger partial charge in [-0.05, 0) is 43.7 Å². The van der Waals surface area contributed by atoms with Crippen molar-refractivity contribution in [1.82, 2.24) is 14.8 Å². The zero-order valence-corrected chi connectivity index (χ0v) is 18.0. The summed E-state index contributed by atoms with van der Waals surface area (Å²) < 4.78 is 2.22. The maximum Gasteiger partial charge on any atom is 0.234 e. The Morgan fingerprint density at radius 1 is 1.21 bits per heavy atom. The monoisotopic (exact) mass is 439 g/mol. The van der Waals surface area contributed by atoms with Gasteiger partial charge >= 0.3 is 0 Å². The molecule has 2 fully saturated rings. The highest BCUT2D eigenvalue weighted by molar-refractivity contribution is 7.99. The molecule has 1 N–H and O–H groups in total. The Morgan fingerprint density at radius 2 is 1.96 bits per heavy atom. The number of rotatable bonds is 6. The Kier molecular flexibility index (Phi) is 6.04. The van der Waals surface area contributed by atoms with E-state index in [2.05, 4.69) is 31.9 Å². The van der Waals surface area contributed by atoms with Crippen LogP contribution in [0.1, 0.15) is 38.6 Å². The van der Waals surface area contributed by atoms with E-state index >= 15 is 0 Å². The van der Waals surface area contributed by atoms with Gasteiger partial charge in [0.1, 0.15) is 0 Å². The Balaban J connectivity index is 1.42. The molecule has 6 nitrogen and oxygen atoms in total. The fraction of sp³-hybridized carbons (Fsp3) is 0.526. The molecule has 0 unspecified atom stereocenters. The fourth-order valence-corrected chi connectivity index (χ4v) is 4.51. The molecular formula is C19H23Cl2N5OS. The average Bonchev–Trinajstić information content (AvgIpc) is 3.44. The largest absolute Gasteiger partial charge is 0.341 e. The highest BCUT2D eigenvalue weighted by Crippen LogP contribution is 2.41. The van der Waals surface area contributed by atoms with E-state index in [1.54, 1.807) is 18.2 Å². The van der Waals surface area contributed by atoms with Gasteiger partial charge in [-0.25, -0.2) is 0 Å². The van der Waals surface area contributed by atoms with Crippen molar-refractivity contribution in [2.45, 2.75) is 43.8 Å². The number of piperidine rings is 1. The topological polar surface area (TPSA) is 63.1 Å². The summed E-state index contributed by atoms with van der Waals surface area (Å²) in [5.74, 6) is 1.82. The van der Waals surface area contributed by atoms with E-state index in [9.17, 15) is 4.79 Å². The minimum atomic E-state index is -0.145. The molecule has 0 spiro atoms. The predicted molar refractivity (Wildman–Crippen MR) is 115 cm³/mol. The number of carbonyl (C=O) groups is 1. The van der Waals surface area contributed by atoms with Gasteiger partial charge in [-0.1, -0.05) is 48.0 Å². The second-order valence-corrected chi connectivity index (χ2v) is 9.22. The van der Waals surface area contributed by atoms with Crippen LogP contribution in [0.3, 0.4) is 0 Å². The summed E-state index contributed by atoms with van der Waals surface area (Å²) in [6, 6.07) is 5.64. The number of hydrogen-bond donors (Lipinski definition) is 1. The first-order valence-corrected chi connectivity index (χ1v) is 11.3. The number of halogens is 2. The van der Waals surface area contributed by atoms with Gasteiger partial charge in [-0.15, -0.1) is 10.2 Å². The number of thioether (sulfide) groups is 1. The molecule has 2 aliphatic rings. The molecule has 0 atom stereocenters. The summed E-state index contributed by atoms with van der Waals surface area (Å²) in [6.45, 7) is 4.34. The minimum Gasteiger partial charge on any atom is -0.341 e. The quantitative estimate of drug-likeness (QED) is 0.649. The molecule has 150 valence electrons. The van der Waals surface area contributed by atoms with Gasteiger partial charge in [-0.2, -0.15) is 0 Å². The molecule has 1 aliphatic carbocycles. The first-order chi connectivity index (χ1) is 13.5. The van der Waals surface area contributed by atoms with Crippen LogP contribution in [-0.4, -0.2) is 39.5 Å². The van der Waals surface area contributed by atoms with Crippen LogP contribution in [0, 0.1) is 5.92 Å². The number of nitrogens with zero attached hydrogens (tertiary/aromatic N) is 4. The van der Waals surface area contributed by atoms with Crippen molar-refractivity contribution >= 4 is 52.5 Å². The number of anilines is 2. The second-order valence-electron chi connectivity index (χ2n) is 7.49. The van der Waals surface area contributed by atoms with Crippen molar-refractivity contribution in [2.75, 3.05) is 29.1 Å². The SMILES string of the molecule is CC1CCN(c2nnc(SCC(=O)Nc3cccc(Cl)c3Cl)n2C2CC2)CC1. The van der Waals surface area contributed by atoms with Gasteiger partial charge in [0.05, 0.1) is 21.5 Å². The number of carbonyl (C=O) groups excluding carboxylic acids is 1. The summed E-state index contributed by atoms with van der Waals surface area (Å²) in [6.07, 6.45) is 4.66. The van der Waals surface area contributed by atoms with Gasteiger partial charge in [0, 0.05) is 19.1 Å². The third kappa shape index (κ3) is 4.42. The van der Waals surface area contributed by atoms with Gasteiger partial charge in [0.2, 0.25) is 11.9 Å². The normalized spacial score (nSPS) is 17.8. The van der Waals surface area contributed by atoms with Crippen molar-refractivity contribution in [1.29, 1.82) is 0 Å². The van der Waals surface area contributed by atoms with E-state index in [0.717, 1.165) is 43.0 Å². The molecule has 1 amide bonds. The van der Waals surface area contributed by atoms with Crippen molar-refractivity contribution < 1.29 is 4.79 Å². The lowest BCUT2D eigenvalue weighted by Gasteiger charge is -2.31. The number of aromatic nitrogens is 3. The lowest BCUT2D eigenvalue weighted by Crippen LogP contribution is -2.34. The predicted octanol–water partition coefficient (Wildman–Crippen LogP) is 4.89. The van der Waals surface area contributed by atoms with E-state index < -0.39 is 0 Å². The highest BCUT2D eigenvalue weighted by atomic mass is 35.5. The van der Waals surface area contributed by atoms with E-state index in [1.165, 1.54) is 24.6 Å². The molecule has 1 saturated heterocycles. The molecular weight excluding hydrogens is 417 g/mol. The first kappa shape index (κ1) is 19.9. The van der Waals surface area contributed by atoms with Crippen molar-refractivity contribution in [2.24, 2.45) is 5.92 Å². The first-order valence-electron chi connectivity index (χ1n) is 9.59. The lowest BCUT2D eigenvalue weighted by atomic mass is 10.00. The summed E-state index contributed by atoms with van der Waals surface area (Å²) in [4.78, 5) is 14.7. The third-order valence-corrected chi connectivity index (χ3v) is 6.95. The van der Waals surface area contributed by atoms with Gasteiger partial charge in [0.25, 0.3) is 0 Å². The van der Waals surface area contributed by atoms with Crippen LogP contribution < -0.4 is 10.2 Å². The van der Waals surface area contributed by atoms with Crippen LogP contribution in [0.2, 0.25) is 10.0 Å². The zero-order chi connectivity index (χ0) is 19.7. The third-order valence-electron chi connectivity index (χ3n) is 5.18. The Labute approximate surface area is 179 Å². The highest BCUT2D eigenvalue weighted by Gasteiger charge is 2.32. The maximum atomic E-state index is 12.4.